The molecule has 28 heavy (non-hydrogen) atoms. The highest BCUT2D eigenvalue weighted by Gasteiger charge is 2.30. The Labute approximate surface area is 166 Å². The second-order valence-electron chi connectivity index (χ2n) is 7.95. The second kappa shape index (κ2) is 8.15. The standard InChI is InChI=1S/C26H26FN/c1-2-3-4-5-20-10-14-24-23-13-11-21(19-8-6-18(17-28)7-9-19)16-22(23)12-15-25(24)26(20)27/h6-9,11-13,15-16,20,26H,2-5,10,14H2,1H3/t20-,26+/m1/s1. The minimum atomic E-state index is -0.830. The van der Waals surface area contributed by atoms with Gasteiger partial charge in [0.25, 0.3) is 0 Å². The first-order valence-corrected chi connectivity index (χ1v) is 10.4. The average molecular weight is 371 g/mol. The SMILES string of the molecule is CCCCC[C@@H]1CCc2c(ccc3cc(-c4ccc(C#N)cc4)ccc23)[C@H]1F. The third-order valence-corrected chi connectivity index (χ3v) is 6.17. The molecule has 0 saturated carbocycles. The van der Waals surface area contributed by atoms with Gasteiger partial charge in [0.15, 0.2) is 0 Å². The first-order valence-electron chi connectivity index (χ1n) is 10.4. The van der Waals surface area contributed by atoms with E-state index < -0.39 is 6.17 Å². The zero-order valence-corrected chi connectivity index (χ0v) is 16.4. The zero-order chi connectivity index (χ0) is 19.5. The maximum Gasteiger partial charge on any atom is 0.128 e. The van der Waals surface area contributed by atoms with E-state index in [-0.39, 0.29) is 5.92 Å². The van der Waals surface area contributed by atoms with Crippen LogP contribution in [0.1, 0.15) is 61.9 Å². The lowest BCUT2D eigenvalue weighted by Crippen LogP contribution is -2.18. The van der Waals surface area contributed by atoms with Crippen LogP contribution >= 0.6 is 0 Å². The van der Waals surface area contributed by atoms with Crippen molar-refractivity contribution in [1.82, 2.24) is 0 Å². The van der Waals surface area contributed by atoms with E-state index in [1.807, 2.05) is 30.3 Å². The molecular formula is C26H26FN. The molecule has 1 aliphatic rings. The van der Waals surface area contributed by atoms with E-state index in [4.69, 9.17) is 5.26 Å². The fraction of sp³-hybridized carbons (Fsp3) is 0.346. The van der Waals surface area contributed by atoms with Gasteiger partial charge in [-0.25, -0.2) is 4.39 Å². The summed E-state index contributed by atoms with van der Waals surface area (Å²) in [6.07, 6.45) is 5.62. The first-order chi connectivity index (χ1) is 13.7. The molecule has 0 bridgehead atoms. The van der Waals surface area contributed by atoms with E-state index in [1.165, 1.54) is 23.8 Å². The van der Waals surface area contributed by atoms with Crippen LogP contribution in [0.4, 0.5) is 4.39 Å². The lowest BCUT2D eigenvalue weighted by molar-refractivity contribution is 0.192. The van der Waals surface area contributed by atoms with Crippen molar-refractivity contribution in [3.05, 3.63) is 71.3 Å². The van der Waals surface area contributed by atoms with E-state index in [1.54, 1.807) is 0 Å². The molecule has 0 amide bonds. The van der Waals surface area contributed by atoms with Crippen molar-refractivity contribution in [1.29, 1.82) is 5.26 Å². The van der Waals surface area contributed by atoms with Crippen molar-refractivity contribution in [2.24, 2.45) is 5.92 Å². The van der Waals surface area contributed by atoms with Crippen LogP contribution in [-0.4, -0.2) is 0 Å². The van der Waals surface area contributed by atoms with Gasteiger partial charge in [0, 0.05) is 0 Å². The van der Waals surface area contributed by atoms with Gasteiger partial charge in [-0.1, -0.05) is 62.6 Å². The molecular weight excluding hydrogens is 345 g/mol. The molecule has 1 nitrogen and oxygen atoms in total. The summed E-state index contributed by atoms with van der Waals surface area (Å²) in [5.41, 5.74) is 5.00. The average Bonchev–Trinajstić information content (AvgIpc) is 2.75. The Morgan fingerprint density at radius 3 is 2.54 bits per heavy atom. The van der Waals surface area contributed by atoms with Crippen LogP contribution in [-0.2, 0) is 6.42 Å². The Balaban J connectivity index is 1.64. The predicted octanol–water partition coefficient (Wildman–Crippen LogP) is 7.53. The van der Waals surface area contributed by atoms with E-state index in [0.29, 0.717) is 5.56 Å². The molecule has 2 atom stereocenters. The van der Waals surface area contributed by atoms with Crippen molar-refractivity contribution in [2.75, 3.05) is 0 Å². The molecule has 142 valence electrons. The van der Waals surface area contributed by atoms with Crippen molar-refractivity contribution < 1.29 is 4.39 Å². The summed E-state index contributed by atoms with van der Waals surface area (Å²) in [5.74, 6) is 0.175. The maximum atomic E-state index is 15.2. The Bertz CT molecular complexity index is 1010. The molecule has 0 aromatic heterocycles. The van der Waals surface area contributed by atoms with E-state index in [9.17, 15) is 0 Å². The molecule has 3 aromatic carbocycles. The van der Waals surface area contributed by atoms with Crippen LogP contribution in [0.3, 0.4) is 0 Å². The molecule has 0 spiro atoms. The summed E-state index contributed by atoms with van der Waals surface area (Å²) in [5, 5.41) is 11.3. The van der Waals surface area contributed by atoms with Gasteiger partial charge in [0.05, 0.1) is 11.6 Å². The summed E-state index contributed by atoms with van der Waals surface area (Å²) in [6, 6.07) is 20.3. The van der Waals surface area contributed by atoms with Crippen LogP contribution in [0.15, 0.2) is 54.6 Å². The molecule has 3 aromatic rings. The normalized spacial score (nSPS) is 18.6. The molecule has 0 fully saturated rings. The summed E-state index contributed by atoms with van der Waals surface area (Å²) in [7, 11) is 0. The number of halogens is 1. The smallest absolute Gasteiger partial charge is 0.128 e. The summed E-state index contributed by atoms with van der Waals surface area (Å²) in [6.45, 7) is 2.20. The lowest BCUT2D eigenvalue weighted by Gasteiger charge is -2.29. The number of hydrogen-bond donors (Lipinski definition) is 0. The van der Waals surface area contributed by atoms with Crippen molar-refractivity contribution in [3.8, 4) is 17.2 Å². The Kier molecular flexibility index (Phi) is 5.44. The number of aryl methyl sites for hydroxylation is 1. The molecule has 4 rings (SSSR count). The molecule has 0 aliphatic heterocycles. The lowest BCUT2D eigenvalue weighted by atomic mass is 9.78. The molecule has 0 saturated heterocycles. The van der Waals surface area contributed by atoms with E-state index >= 15 is 4.39 Å². The van der Waals surface area contributed by atoms with Crippen LogP contribution < -0.4 is 0 Å². The number of alkyl halides is 1. The number of unbranched alkanes of at least 4 members (excludes halogenated alkanes) is 2. The fourth-order valence-corrected chi connectivity index (χ4v) is 4.54. The Hall–Kier alpha value is -2.66. The highest BCUT2D eigenvalue weighted by molar-refractivity contribution is 5.91. The largest absolute Gasteiger partial charge is 0.242 e. The number of benzene rings is 3. The number of nitrogens with zero attached hydrogens (tertiary/aromatic N) is 1. The highest BCUT2D eigenvalue weighted by Crippen LogP contribution is 2.43. The molecule has 0 heterocycles. The minimum Gasteiger partial charge on any atom is -0.242 e. The van der Waals surface area contributed by atoms with E-state index in [2.05, 4.69) is 37.3 Å². The number of fused-ring (bicyclic) bond motifs is 3. The maximum absolute atomic E-state index is 15.2. The summed E-state index contributed by atoms with van der Waals surface area (Å²) in [4.78, 5) is 0. The van der Waals surface area contributed by atoms with Gasteiger partial charge in [0.2, 0.25) is 0 Å². The molecule has 0 N–H and O–H groups in total. The van der Waals surface area contributed by atoms with Gasteiger partial charge in [0.1, 0.15) is 6.17 Å². The van der Waals surface area contributed by atoms with Gasteiger partial charge < -0.3 is 0 Å². The van der Waals surface area contributed by atoms with Crippen molar-refractivity contribution in [2.45, 2.75) is 51.6 Å². The first kappa shape index (κ1) is 18.7. The quantitative estimate of drug-likeness (QED) is 0.425. The predicted molar refractivity (Wildman–Crippen MR) is 114 cm³/mol. The molecule has 2 heteroatoms. The molecule has 1 aliphatic carbocycles. The third-order valence-electron chi connectivity index (χ3n) is 6.17. The number of hydrogen-bond acceptors (Lipinski definition) is 1. The van der Waals surface area contributed by atoms with Gasteiger partial charge >= 0.3 is 0 Å². The monoisotopic (exact) mass is 371 g/mol. The third kappa shape index (κ3) is 3.54. The minimum absolute atomic E-state index is 0.175. The van der Waals surface area contributed by atoms with E-state index in [0.717, 1.165) is 47.8 Å². The van der Waals surface area contributed by atoms with Crippen LogP contribution in [0, 0.1) is 17.2 Å². The number of nitriles is 1. The Morgan fingerprint density at radius 2 is 1.79 bits per heavy atom. The Morgan fingerprint density at radius 1 is 1.00 bits per heavy atom. The second-order valence-corrected chi connectivity index (χ2v) is 7.95. The molecule has 0 radical (unpaired) electrons. The fourth-order valence-electron chi connectivity index (χ4n) is 4.54. The highest BCUT2D eigenvalue weighted by atomic mass is 19.1. The van der Waals surface area contributed by atoms with Crippen LogP contribution in [0.2, 0.25) is 0 Å². The summed E-state index contributed by atoms with van der Waals surface area (Å²) < 4.78 is 15.2. The van der Waals surface area contributed by atoms with Gasteiger partial charge in [-0.05, 0) is 76.4 Å². The van der Waals surface area contributed by atoms with Gasteiger partial charge in [-0.2, -0.15) is 5.26 Å². The van der Waals surface area contributed by atoms with Crippen LogP contribution in [0.5, 0.6) is 0 Å². The molecule has 0 unspecified atom stereocenters. The topological polar surface area (TPSA) is 23.8 Å². The van der Waals surface area contributed by atoms with Gasteiger partial charge in [-0.3, -0.25) is 0 Å². The summed E-state index contributed by atoms with van der Waals surface area (Å²) >= 11 is 0. The van der Waals surface area contributed by atoms with Gasteiger partial charge in [-0.15, -0.1) is 0 Å². The van der Waals surface area contributed by atoms with Crippen molar-refractivity contribution >= 4 is 10.8 Å². The van der Waals surface area contributed by atoms with Crippen LogP contribution in [0.25, 0.3) is 21.9 Å². The number of rotatable bonds is 5. The van der Waals surface area contributed by atoms with Crippen molar-refractivity contribution in [3.63, 3.8) is 0 Å². The zero-order valence-electron chi connectivity index (χ0n) is 16.4.